The molecule has 128 valence electrons. The van der Waals surface area contributed by atoms with Crippen LogP contribution in [-0.4, -0.2) is 68.5 Å². The molecule has 0 spiro atoms. The Morgan fingerprint density at radius 3 is 2.52 bits per heavy atom. The summed E-state index contributed by atoms with van der Waals surface area (Å²) in [4.78, 5) is 16.0. The SMILES string of the molecule is O=C(NCCO)NCCCN1CCN(c2ccccc2Cl)CC1. The van der Waals surface area contributed by atoms with Crippen molar-refractivity contribution >= 4 is 23.3 Å². The minimum Gasteiger partial charge on any atom is -0.395 e. The van der Waals surface area contributed by atoms with E-state index in [0.29, 0.717) is 6.54 Å². The number of anilines is 1. The predicted octanol–water partition coefficient (Wildman–Crippen LogP) is 1.14. The van der Waals surface area contributed by atoms with E-state index in [4.69, 9.17) is 16.7 Å². The normalized spacial score (nSPS) is 15.5. The predicted molar refractivity (Wildman–Crippen MR) is 93.2 cm³/mol. The molecule has 6 nitrogen and oxygen atoms in total. The molecule has 0 unspecified atom stereocenters. The summed E-state index contributed by atoms with van der Waals surface area (Å²) in [6.45, 7) is 5.80. The number of nitrogens with zero attached hydrogens (tertiary/aromatic N) is 2. The second-order valence-electron chi connectivity index (χ2n) is 5.54. The third-order valence-corrected chi connectivity index (χ3v) is 4.22. The molecule has 1 fully saturated rings. The Morgan fingerprint density at radius 2 is 1.83 bits per heavy atom. The Hall–Kier alpha value is -1.50. The van der Waals surface area contributed by atoms with Gasteiger partial charge >= 0.3 is 6.03 Å². The third kappa shape index (κ3) is 5.89. The highest BCUT2D eigenvalue weighted by Gasteiger charge is 2.18. The van der Waals surface area contributed by atoms with Crippen LogP contribution in [0, 0.1) is 0 Å². The number of aliphatic hydroxyl groups excluding tert-OH is 1. The van der Waals surface area contributed by atoms with Crippen molar-refractivity contribution < 1.29 is 9.90 Å². The molecule has 1 aromatic carbocycles. The molecule has 0 radical (unpaired) electrons. The van der Waals surface area contributed by atoms with Gasteiger partial charge in [0.2, 0.25) is 0 Å². The van der Waals surface area contributed by atoms with Crippen LogP contribution in [0.3, 0.4) is 0 Å². The molecule has 2 amide bonds. The number of nitrogens with one attached hydrogen (secondary N) is 2. The molecular formula is C16H25ClN4O2. The topological polar surface area (TPSA) is 67.8 Å². The maximum atomic E-state index is 11.3. The zero-order chi connectivity index (χ0) is 16.5. The van der Waals surface area contributed by atoms with Crippen molar-refractivity contribution in [1.82, 2.24) is 15.5 Å². The average molecular weight is 341 g/mol. The van der Waals surface area contributed by atoms with Gasteiger partial charge in [0.05, 0.1) is 17.3 Å². The van der Waals surface area contributed by atoms with Gasteiger partial charge < -0.3 is 20.6 Å². The van der Waals surface area contributed by atoms with Crippen LogP contribution in [0.5, 0.6) is 0 Å². The van der Waals surface area contributed by atoms with Crippen LogP contribution >= 0.6 is 11.6 Å². The number of aliphatic hydroxyl groups is 1. The average Bonchev–Trinajstić information content (AvgIpc) is 2.58. The number of rotatable bonds is 7. The summed E-state index contributed by atoms with van der Waals surface area (Å²) >= 11 is 6.25. The number of carbonyl (C=O) groups excluding carboxylic acids is 1. The molecule has 23 heavy (non-hydrogen) atoms. The summed E-state index contributed by atoms with van der Waals surface area (Å²) in [5.41, 5.74) is 1.11. The van der Waals surface area contributed by atoms with E-state index in [-0.39, 0.29) is 19.2 Å². The van der Waals surface area contributed by atoms with Crippen molar-refractivity contribution in [3.05, 3.63) is 29.3 Å². The molecule has 3 N–H and O–H groups in total. The molecule has 0 aromatic heterocycles. The monoisotopic (exact) mass is 340 g/mol. The molecule has 1 aliphatic heterocycles. The van der Waals surface area contributed by atoms with Crippen LogP contribution in [0.15, 0.2) is 24.3 Å². The van der Waals surface area contributed by atoms with Crippen LogP contribution in [0.4, 0.5) is 10.5 Å². The number of para-hydroxylation sites is 1. The Balaban J connectivity index is 1.62. The summed E-state index contributed by atoms with van der Waals surface area (Å²) in [7, 11) is 0. The first-order valence-electron chi connectivity index (χ1n) is 8.05. The number of hydrogen-bond acceptors (Lipinski definition) is 4. The zero-order valence-electron chi connectivity index (χ0n) is 13.3. The summed E-state index contributed by atoms with van der Waals surface area (Å²) in [5, 5.41) is 14.8. The van der Waals surface area contributed by atoms with Crippen molar-refractivity contribution in [2.45, 2.75) is 6.42 Å². The van der Waals surface area contributed by atoms with Crippen LogP contribution in [0.25, 0.3) is 0 Å². The quantitative estimate of drug-likeness (QED) is 0.651. The number of halogens is 1. The van der Waals surface area contributed by atoms with Gasteiger partial charge in [0.15, 0.2) is 0 Å². The van der Waals surface area contributed by atoms with E-state index < -0.39 is 0 Å². The highest BCUT2D eigenvalue weighted by molar-refractivity contribution is 6.33. The Bertz CT molecular complexity index is 493. The van der Waals surface area contributed by atoms with E-state index >= 15 is 0 Å². The van der Waals surface area contributed by atoms with Crippen LogP contribution in [-0.2, 0) is 0 Å². The van der Waals surface area contributed by atoms with E-state index in [1.54, 1.807) is 0 Å². The molecular weight excluding hydrogens is 316 g/mol. The standard InChI is InChI=1S/C16H25ClN4O2/c17-14-4-1-2-5-15(14)21-11-9-20(10-12-21)8-3-6-18-16(23)19-7-13-22/h1-2,4-5,22H,3,6-13H2,(H2,18,19,23). The van der Waals surface area contributed by atoms with E-state index in [2.05, 4.69) is 26.5 Å². The minimum absolute atomic E-state index is 0.0386. The van der Waals surface area contributed by atoms with Gasteiger partial charge in [-0.25, -0.2) is 4.79 Å². The fraction of sp³-hybridized carbons (Fsp3) is 0.562. The van der Waals surface area contributed by atoms with Crippen molar-refractivity contribution in [1.29, 1.82) is 0 Å². The number of hydrogen-bond donors (Lipinski definition) is 3. The summed E-state index contributed by atoms with van der Waals surface area (Å²) in [6, 6.07) is 7.74. The molecule has 1 aromatic rings. The lowest BCUT2D eigenvalue weighted by atomic mass is 10.2. The van der Waals surface area contributed by atoms with Crippen LogP contribution in [0.2, 0.25) is 5.02 Å². The van der Waals surface area contributed by atoms with Crippen molar-refractivity contribution in [3.8, 4) is 0 Å². The second-order valence-corrected chi connectivity index (χ2v) is 5.95. The number of piperazine rings is 1. The van der Waals surface area contributed by atoms with Gasteiger partial charge in [0.1, 0.15) is 0 Å². The Kier molecular flexibility index (Phi) is 7.45. The first-order chi connectivity index (χ1) is 11.2. The second kappa shape index (κ2) is 9.60. The van der Waals surface area contributed by atoms with E-state index in [0.717, 1.165) is 49.9 Å². The van der Waals surface area contributed by atoms with Gasteiger partial charge in [0, 0.05) is 39.3 Å². The largest absolute Gasteiger partial charge is 0.395 e. The zero-order valence-corrected chi connectivity index (χ0v) is 14.1. The number of amides is 2. The van der Waals surface area contributed by atoms with E-state index in [1.807, 2.05) is 18.2 Å². The molecule has 1 saturated heterocycles. The number of benzene rings is 1. The maximum Gasteiger partial charge on any atom is 0.314 e. The lowest BCUT2D eigenvalue weighted by Gasteiger charge is -2.36. The smallest absolute Gasteiger partial charge is 0.314 e. The molecule has 7 heteroatoms. The van der Waals surface area contributed by atoms with E-state index in [1.165, 1.54) is 0 Å². The molecule has 0 bridgehead atoms. The van der Waals surface area contributed by atoms with Gasteiger partial charge in [-0.2, -0.15) is 0 Å². The van der Waals surface area contributed by atoms with Gasteiger partial charge in [0.25, 0.3) is 0 Å². The third-order valence-electron chi connectivity index (χ3n) is 3.90. The van der Waals surface area contributed by atoms with Gasteiger partial charge in [-0.05, 0) is 25.1 Å². The first kappa shape index (κ1) is 17.8. The molecule has 0 atom stereocenters. The van der Waals surface area contributed by atoms with Crippen LogP contribution in [0.1, 0.15) is 6.42 Å². The van der Waals surface area contributed by atoms with Crippen molar-refractivity contribution in [2.24, 2.45) is 0 Å². The Morgan fingerprint density at radius 1 is 1.13 bits per heavy atom. The van der Waals surface area contributed by atoms with Gasteiger partial charge in [-0.1, -0.05) is 23.7 Å². The highest BCUT2D eigenvalue weighted by Crippen LogP contribution is 2.25. The number of carbonyl (C=O) groups is 1. The molecule has 1 heterocycles. The lowest BCUT2D eigenvalue weighted by molar-refractivity contribution is 0.230. The molecule has 0 aliphatic carbocycles. The molecule has 1 aliphatic rings. The van der Waals surface area contributed by atoms with Crippen molar-refractivity contribution in [3.63, 3.8) is 0 Å². The van der Waals surface area contributed by atoms with Crippen LogP contribution < -0.4 is 15.5 Å². The fourth-order valence-electron chi connectivity index (χ4n) is 2.66. The summed E-state index contributed by atoms with van der Waals surface area (Å²) in [5.74, 6) is 0. The first-order valence-corrected chi connectivity index (χ1v) is 8.43. The van der Waals surface area contributed by atoms with Crippen molar-refractivity contribution in [2.75, 3.05) is 57.3 Å². The number of urea groups is 1. The molecule has 2 rings (SSSR count). The molecule has 0 saturated carbocycles. The van der Waals surface area contributed by atoms with Gasteiger partial charge in [-0.15, -0.1) is 0 Å². The summed E-state index contributed by atoms with van der Waals surface area (Å²) < 4.78 is 0. The lowest BCUT2D eigenvalue weighted by Crippen LogP contribution is -2.47. The Labute approximate surface area is 142 Å². The summed E-state index contributed by atoms with van der Waals surface area (Å²) in [6.07, 6.45) is 0.915. The van der Waals surface area contributed by atoms with E-state index in [9.17, 15) is 4.79 Å². The van der Waals surface area contributed by atoms with Gasteiger partial charge in [-0.3, -0.25) is 4.90 Å². The highest BCUT2D eigenvalue weighted by atomic mass is 35.5. The minimum atomic E-state index is -0.220. The fourth-order valence-corrected chi connectivity index (χ4v) is 2.91. The maximum absolute atomic E-state index is 11.3.